The van der Waals surface area contributed by atoms with Crippen molar-refractivity contribution in [1.29, 1.82) is 0 Å². The maximum Gasteiger partial charge on any atom is 0.0852 e. The van der Waals surface area contributed by atoms with Gasteiger partial charge in [0.25, 0.3) is 0 Å². The topological polar surface area (TPSA) is 20.2 Å². The van der Waals surface area contributed by atoms with Crippen LogP contribution in [0.1, 0.15) is 53.9 Å². The predicted molar refractivity (Wildman–Crippen MR) is 65.7 cm³/mol. The van der Waals surface area contributed by atoms with E-state index >= 15 is 0 Å². The Morgan fingerprint density at radius 2 is 2.07 bits per heavy atom. The second-order valence-corrected chi connectivity index (χ2v) is 5.96. The summed E-state index contributed by atoms with van der Waals surface area (Å²) in [5.74, 6) is 1.53. The lowest BCUT2D eigenvalue weighted by molar-refractivity contribution is -0.0189. The van der Waals surface area contributed by atoms with Crippen LogP contribution < -0.4 is 0 Å². The van der Waals surface area contributed by atoms with Gasteiger partial charge in [0.2, 0.25) is 0 Å². The molecule has 1 fully saturated rings. The Morgan fingerprint density at radius 3 is 2.47 bits per heavy atom. The van der Waals surface area contributed by atoms with E-state index in [1.807, 2.05) is 26.0 Å². The van der Waals surface area contributed by atoms with Gasteiger partial charge in [0.05, 0.1) is 5.60 Å². The van der Waals surface area contributed by atoms with E-state index in [0.29, 0.717) is 0 Å². The van der Waals surface area contributed by atoms with Gasteiger partial charge in [-0.1, -0.05) is 32.9 Å². The first kappa shape index (κ1) is 12.8. The van der Waals surface area contributed by atoms with E-state index in [2.05, 4.69) is 20.8 Å². The molecule has 3 atom stereocenters. The molecule has 1 rings (SSSR count). The second-order valence-electron chi connectivity index (χ2n) is 5.96. The summed E-state index contributed by atoms with van der Waals surface area (Å²) < 4.78 is 0. The quantitative estimate of drug-likeness (QED) is 0.703. The van der Waals surface area contributed by atoms with Crippen molar-refractivity contribution in [3.8, 4) is 0 Å². The smallest absolute Gasteiger partial charge is 0.0852 e. The normalized spacial score (nSPS) is 36.3. The van der Waals surface area contributed by atoms with Gasteiger partial charge in [-0.25, -0.2) is 0 Å². The summed E-state index contributed by atoms with van der Waals surface area (Å²) in [6, 6.07) is 0. The highest BCUT2D eigenvalue weighted by Gasteiger charge is 2.46. The zero-order valence-corrected chi connectivity index (χ0v) is 10.9. The van der Waals surface area contributed by atoms with Crippen molar-refractivity contribution in [3.05, 3.63) is 12.2 Å². The molecule has 0 spiro atoms. The SMILES string of the molecule is CC=CC(C)(O)[C@]1(C)CC[C@@H](C(C)C)C1. The molecule has 1 aliphatic rings. The molecule has 0 aliphatic heterocycles. The fourth-order valence-electron chi connectivity index (χ4n) is 2.84. The molecule has 1 N–H and O–H groups in total. The van der Waals surface area contributed by atoms with E-state index in [9.17, 15) is 5.11 Å². The Hall–Kier alpha value is -0.300. The maximum absolute atomic E-state index is 10.5. The fourth-order valence-corrected chi connectivity index (χ4v) is 2.84. The van der Waals surface area contributed by atoms with Gasteiger partial charge in [-0.2, -0.15) is 0 Å². The van der Waals surface area contributed by atoms with Gasteiger partial charge in [0, 0.05) is 0 Å². The lowest BCUT2D eigenvalue weighted by Crippen LogP contribution is -2.40. The fraction of sp³-hybridized carbons (Fsp3) is 0.857. The summed E-state index contributed by atoms with van der Waals surface area (Å²) in [4.78, 5) is 0. The zero-order valence-electron chi connectivity index (χ0n) is 10.9. The van der Waals surface area contributed by atoms with Crippen molar-refractivity contribution in [2.24, 2.45) is 17.3 Å². The number of allylic oxidation sites excluding steroid dienone is 1. The Labute approximate surface area is 94.6 Å². The molecule has 0 heterocycles. The van der Waals surface area contributed by atoms with Crippen LogP contribution in [-0.2, 0) is 0 Å². The number of hydrogen-bond acceptors (Lipinski definition) is 1. The minimum Gasteiger partial charge on any atom is -0.386 e. The summed E-state index contributed by atoms with van der Waals surface area (Å²) in [5.41, 5.74) is -0.583. The molecule has 1 aliphatic carbocycles. The largest absolute Gasteiger partial charge is 0.386 e. The van der Waals surface area contributed by atoms with Gasteiger partial charge in [-0.05, 0) is 50.4 Å². The second kappa shape index (κ2) is 4.29. The van der Waals surface area contributed by atoms with E-state index in [0.717, 1.165) is 24.7 Å². The van der Waals surface area contributed by atoms with E-state index in [4.69, 9.17) is 0 Å². The average Bonchev–Trinajstić information content (AvgIpc) is 2.49. The Morgan fingerprint density at radius 1 is 1.47 bits per heavy atom. The molecule has 0 saturated heterocycles. The third-order valence-electron chi connectivity index (χ3n) is 4.44. The highest BCUT2D eigenvalue weighted by Crippen LogP contribution is 2.51. The van der Waals surface area contributed by atoms with Gasteiger partial charge >= 0.3 is 0 Å². The van der Waals surface area contributed by atoms with Crippen molar-refractivity contribution >= 4 is 0 Å². The van der Waals surface area contributed by atoms with Crippen LogP contribution >= 0.6 is 0 Å². The van der Waals surface area contributed by atoms with Crippen LogP contribution in [0.25, 0.3) is 0 Å². The number of aliphatic hydroxyl groups is 1. The van der Waals surface area contributed by atoms with Crippen molar-refractivity contribution in [2.45, 2.75) is 59.5 Å². The van der Waals surface area contributed by atoms with Crippen molar-refractivity contribution < 1.29 is 5.11 Å². The third-order valence-corrected chi connectivity index (χ3v) is 4.44. The molecule has 1 saturated carbocycles. The van der Waals surface area contributed by atoms with Crippen molar-refractivity contribution in [1.82, 2.24) is 0 Å². The number of rotatable bonds is 3. The van der Waals surface area contributed by atoms with E-state index < -0.39 is 5.60 Å². The highest BCUT2D eigenvalue weighted by atomic mass is 16.3. The van der Waals surface area contributed by atoms with Crippen LogP contribution in [0.5, 0.6) is 0 Å². The zero-order chi connectivity index (χ0) is 11.7. The molecule has 0 radical (unpaired) electrons. The van der Waals surface area contributed by atoms with Gasteiger partial charge in [0.15, 0.2) is 0 Å². The van der Waals surface area contributed by atoms with Crippen LogP contribution in [0, 0.1) is 17.3 Å². The molecule has 0 aromatic rings. The highest BCUT2D eigenvalue weighted by molar-refractivity contribution is 5.09. The molecule has 88 valence electrons. The first-order valence-electron chi connectivity index (χ1n) is 6.18. The van der Waals surface area contributed by atoms with E-state index in [1.165, 1.54) is 6.42 Å². The van der Waals surface area contributed by atoms with Crippen LogP contribution in [0.15, 0.2) is 12.2 Å². The minimum absolute atomic E-state index is 0.0639. The molecule has 1 unspecified atom stereocenters. The Balaban J connectivity index is 2.78. The molecule has 1 nitrogen and oxygen atoms in total. The van der Waals surface area contributed by atoms with Crippen LogP contribution in [-0.4, -0.2) is 10.7 Å². The lowest BCUT2D eigenvalue weighted by atomic mass is 9.71. The molecular formula is C14H26O. The molecule has 15 heavy (non-hydrogen) atoms. The van der Waals surface area contributed by atoms with Gasteiger partial charge in [-0.3, -0.25) is 0 Å². The average molecular weight is 210 g/mol. The summed E-state index contributed by atoms with van der Waals surface area (Å²) in [7, 11) is 0. The minimum atomic E-state index is -0.647. The first-order valence-corrected chi connectivity index (χ1v) is 6.18. The van der Waals surface area contributed by atoms with Crippen LogP contribution in [0.4, 0.5) is 0 Å². The lowest BCUT2D eigenvalue weighted by Gasteiger charge is -2.38. The molecule has 0 aromatic carbocycles. The molecular weight excluding hydrogens is 184 g/mol. The monoisotopic (exact) mass is 210 g/mol. The molecule has 0 bridgehead atoms. The molecule has 1 heteroatoms. The van der Waals surface area contributed by atoms with Gasteiger partial charge < -0.3 is 5.11 Å². The summed E-state index contributed by atoms with van der Waals surface area (Å²) >= 11 is 0. The summed E-state index contributed by atoms with van der Waals surface area (Å²) in [6.07, 6.45) is 7.49. The van der Waals surface area contributed by atoms with E-state index in [1.54, 1.807) is 0 Å². The van der Waals surface area contributed by atoms with Crippen LogP contribution in [0.3, 0.4) is 0 Å². The Bertz CT molecular complexity index is 240. The van der Waals surface area contributed by atoms with Gasteiger partial charge in [-0.15, -0.1) is 0 Å². The van der Waals surface area contributed by atoms with Crippen molar-refractivity contribution in [3.63, 3.8) is 0 Å². The Kier molecular flexibility index (Phi) is 3.65. The van der Waals surface area contributed by atoms with Crippen molar-refractivity contribution in [2.75, 3.05) is 0 Å². The summed E-state index contributed by atoms with van der Waals surface area (Å²) in [6.45, 7) is 10.7. The summed E-state index contributed by atoms with van der Waals surface area (Å²) in [5, 5.41) is 10.5. The maximum atomic E-state index is 10.5. The van der Waals surface area contributed by atoms with Crippen LogP contribution in [0.2, 0.25) is 0 Å². The molecule has 0 amide bonds. The third kappa shape index (κ3) is 2.44. The van der Waals surface area contributed by atoms with E-state index in [-0.39, 0.29) is 5.41 Å². The van der Waals surface area contributed by atoms with Gasteiger partial charge in [0.1, 0.15) is 0 Å². The standard InChI is InChI=1S/C14H26O/c1-6-8-14(5,15)13(4)9-7-12(10-13)11(2)3/h6,8,11-12,15H,7,9-10H2,1-5H3/t12-,13-,14?/m1/s1. The molecule has 0 aromatic heterocycles. The first-order chi connectivity index (χ1) is 6.82. The number of hydrogen-bond donors (Lipinski definition) is 1. The predicted octanol–water partition coefficient (Wildman–Crippen LogP) is 3.78.